The molecule has 1 heterocycles. The number of benzene rings is 2. The molecule has 3 aromatic rings. The lowest BCUT2D eigenvalue weighted by Crippen LogP contribution is -2.32. The van der Waals surface area contributed by atoms with Gasteiger partial charge in [-0.2, -0.15) is 4.31 Å². The number of carbonyl (C=O) groups is 1. The monoisotopic (exact) mass is 451 g/mol. The number of halogens is 1. The number of nitrogens with one attached hydrogen (secondary N) is 1. The SMILES string of the molecule is CCCN(CCC)S(=O)(=O)c1ccc(C(=O)Nc2ccc(Cl)c3ncsc23)cc1. The van der Waals surface area contributed by atoms with Crippen LogP contribution in [0.2, 0.25) is 5.02 Å². The number of amides is 1. The molecule has 0 fully saturated rings. The Hall–Kier alpha value is -2.00. The zero-order valence-corrected chi connectivity index (χ0v) is 18.6. The molecule has 0 aliphatic carbocycles. The first-order valence-electron chi connectivity index (χ1n) is 9.31. The van der Waals surface area contributed by atoms with Crippen molar-refractivity contribution in [3.8, 4) is 0 Å². The van der Waals surface area contributed by atoms with Gasteiger partial charge < -0.3 is 5.32 Å². The van der Waals surface area contributed by atoms with Crippen LogP contribution >= 0.6 is 22.9 Å². The Bertz CT molecular complexity index is 1110. The van der Waals surface area contributed by atoms with Crippen molar-refractivity contribution in [3.05, 3.63) is 52.5 Å². The highest BCUT2D eigenvalue weighted by atomic mass is 35.5. The molecule has 0 saturated carbocycles. The van der Waals surface area contributed by atoms with Crippen LogP contribution in [-0.2, 0) is 10.0 Å². The van der Waals surface area contributed by atoms with Crippen LogP contribution in [0.15, 0.2) is 46.8 Å². The van der Waals surface area contributed by atoms with Crippen LogP contribution in [-0.4, -0.2) is 36.7 Å². The highest BCUT2D eigenvalue weighted by Gasteiger charge is 2.23. The molecule has 1 N–H and O–H groups in total. The second-order valence-corrected chi connectivity index (χ2v) is 9.71. The Balaban J connectivity index is 1.81. The minimum absolute atomic E-state index is 0.187. The molecular weight excluding hydrogens is 430 g/mol. The zero-order chi connectivity index (χ0) is 21.0. The molecular formula is C20H22ClN3O3S2. The zero-order valence-electron chi connectivity index (χ0n) is 16.2. The number of sulfonamides is 1. The molecule has 1 aromatic heterocycles. The van der Waals surface area contributed by atoms with Gasteiger partial charge in [-0.1, -0.05) is 25.4 Å². The molecule has 29 heavy (non-hydrogen) atoms. The van der Waals surface area contributed by atoms with E-state index in [4.69, 9.17) is 11.6 Å². The quantitative estimate of drug-likeness (QED) is 0.521. The average Bonchev–Trinajstić information content (AvgIpc) is 3.21. The van der Waals surface area contributed by atoms with Crippen LogP contribution in [0.5, 0.6) is 0 Å². The van der Waals surface area contributed by atoms with Gasteiger partial charge in [0.2, 0.25) is 10.0 Å². The van der Waals surface area contributed by atoms with Crippen molar-refractivity contribution < 1.29 is 13.2 Å². The van der Waals surface area contributed by atoms with Crippen LogP contribution < -0.4 is 5.32 Å². The Labute approximate surface area is 179 Å². The molecule has 2 aromatic carbocycles. The summed E-state index contributed by atoms with van der Waals surface area (Å²) >= 11 is 7.51. The Morgan fingerprint density at radius 2 is 1.76 bits per heavy atom. The number of carbonyl (C=O) groups excluding carboxylic acids is 1. The molecule has 0 aliphatic heterocycles. The number of aromatic nitrogens is 1. The molecule has 0 spiro atoms. The summed E-state index contributed by atoms with van der Waals surface area (Å²) < 4.78 is 28.0. The van der Waals surface area contributed by atoms with Crippen molar-refractivity contribution in [1.82, 2.24) is 9.29 Å². The fourth-order valence-electron chi connectivity index (χ4n) is 2.99. The number of thiazole rings is 1. The maximum atomic E-state index is 12.8. The summed E-state index contributed by atoms with van der Waals surface area (Å²) in [4.78, 5) is 17.0. The van der Waals surface area contributed by atoms with E-state index < -0.39 is 10.0 Å². The third-order valence-electron chi connectivity index (χ3n) is 4.38. The van der Waals surface area contributed by atoms with Crippen LogP contribution in [0, 0.1) is 0 Å². The first-order chi connectivity index (χ1) is 13.9. The van der Waals surface area contributed by atoms with Crippen molar-refractivity contribution in [2.75, 3.05) is 18.4 Å². The number of hydrogen-bond donors (Lipinski definition) is 1. The van der Waals surface area contributed by atoms with E-state index >= 15 is 0 Å². The Morgan fingerprint density at radius 1 is 1.10 bits per heavy atom. The summed E-state index contributed by atoms with van der Waals surface area (Å²) in [5.41, 5.74) is 3.30. The van der Waals surface area contributed by atoms with Crippen molar-refractivity contribution in [1.29, 1.82) is 0 Å². The fourth-order valence-corrected chi connectivity index (χ4v) is 5.66. The van der Waals surface area contributed by atoms with Crippen LogP contribution in [0.4, 0.5) is 5.69 Å². The van der Waals surface area contributed by atoms with Crippen molar-refractivity contribution in [3.63, 3.8) is 0 Å². The van der Waals surface area contributed by atoms with Gasteiger partial charge in [0.25, 0.3) is 5.91 Å². The van der Waals surface area contributed by atoms with Gasteiger partial charge in [0, 0.05) is 18.7 Å². The largest absolute Gasteiger partial charge is 0.321 e. The molecule has 154 valence electrons. The lowest BCUT2D eigenvalue weighted by molar-refractivity contribution is 0.102. The maximum absolute atomic E-state index is 12.8. The summed E-state index contributed by atoms with van der Waals surface area (Å²) in [6.45, 7) is 4.84. The molecule has 0 saturated heterocycles. The molecule has 1 amide bonds. The molecule has 0 bridgehead atoms. The predicted molar refractivity (Wildman–Crippen MR) is 118 cm³/mol. The van der Waals surface area contributed by atoms with Crippen LogP contribution in [0.25, 0.3) is 10.2 Å². The van der Waals surface area contributed by atoms with Gasteiger partial charge in [-0.15, -0.1) is 11.3 Å². The Kier molecular flexibility index (Phi) is 6.89. The van der Waals surface area contributed by atoms with Crippen molar-refractivity contribution >= 4 is 54.8 Å². The fraction of sp³-hybridized carbons (Fsp3) is 0.300. The van der Waals surface area contributed by atoms with E-state index in [1.165, 1.54) is 39.9 Å². The van der Waals surface area contributed by atoms with Gasteiger partial charge >= 0.3 is 0 Å². The summed E-state index contributed by atoms with van der Waals surface area (Å²) in [5, 5.41) is 3.37. The summed E-state index contributed by atoms with van der Waals surface area (Å²) in [5.74, 6) is -0.329. The van der Waals surface area contributed by atoms with E-state index in [1.807, 2.05) is 13.8 Å². The number of rotatable bonds is 8. The third-order valence-corrected chi connectivity index (χ3v) is 7.46. The Morgan fingerprint density at radius 3 is 2.38 bits per heavy atom. The summed E-state index contributed by atoms with van der Waals surface area (Å²) in [6, 6.07) is 9.42. The molecule has 0 radical (unpaired) electrons. The summed E-state index contributed by atoms with van der Waals surface area (Å²) in [7, 11) is -3.57. The van der Waals surface area contributed by atoms with Gasteiger partial charge in [-0.3, -0.25) is 4.79 Å². The smallest absolute Gasteiger partial charge is 0.255 e. The van der Waals surface area contributed by atoms with Gasteiger partial charge in [-0.05, 0) is 49.2 Å². The van der Waals surface area contributed by atoms with Gasteiger partial charge in [0.1, 0.15) is 5.52 Å². The number of nitrogens with zero attached hydrogens (tertiary/aromatic N) is 2. The highest BCUT2D eigenvalue weighted by molar-refractivity contribution is 7.89. The topological polar surface area (TPSA) is 79.4 Å². The lowest BCUT2D eigenvalue weighted by atomic mass is 10.2. The second kappa shape index (κ2) is 9.21. The van der Waals surface area contributed by atoms with Crippen molar-refractivity contribution in [2.45, 2.75) is 31.6 Å². The van der Waals surface area contributed by atoms with Gasteiger partial charge in [0.15, 0.2) is 0 Å². The predicted octanol–water partition coefficient (Wildman–Crippen LogP) is 5.01. The molecule has 0 aliphatic rings. The highest BCUT2D eigenvalue weighted by Crippen LogP contribution is 2.32. The average molecular weight is 452 g/mol. The first-order valence-corrected chi connectivity index (χ1v) is 12.0. The molecule has 6 nitrogen and oxygen atoms in total. The summed E-state index contributed by atoms with van der Waals surface area (Å²) in [6.07, 6.45) is 1.49. The second-order valence-electron chi connectivity index (χ2n) is 6.51. The van der Waals surface area contributed by atoms with E-state index in [0.29, 0.717) is 34.9 Å². The van der Waals surface area contributed by atoms with E-state index in [1.54, 1.807) is 17.6 Å². The normalized spacial score (nSPS) is 11.9. The van der Waals surface area contributed by atoms with Crippen LogP contribution in [0.3, 0.4) is 0 Å². The standard InChI is InChI=1S/C20H22ClN3O3S2/c1-3-11-24(12-4-2)29(26,27)15-7-5-14(6-8-15)20(25)23-17-10-9-16(21)18-19(17)28-13-22-18/h5-10,13H,3-4,11-12H2,1-2H3,(H,23,25). The molecule has 3 rings (SSSR count). The minimum Gasteiger partial charge on any atom is -0.321 e. The molecule has 0 unspecified atom stereocenters. The van der Waals surface area contributed by atoms with Gasteiger partial charge in [0.05, 0.1) is 25.8 Å². The van der Waals surface area contributed by atoms with Crippen molar-refractivity contribution in [2.24, 2.45) is 0 Å². The van der Waals surface area contributed by atoms with E-state index in [0.717, 1.165) is 17.5 Å². The van der Waals surface area contributed by atoms with Crippen LogP contribution in [0.1, 0.15) is 37.0 Å². The first kappa shape index (κ1) is 21.7. The molecule has 9 heteroatoms. The van der Waals surface area contributed by atoms with E-state index in [2.05, 4.69) is 10.3 Å². The van der Waals surface area contributed by atoms with E-state index in [-0.39, 0.29) is 10.8 Å². The number of hydrogen-bond acceptors (Lipinski definition) is 5. The number of fused-ring (bicyclic) bond motifs is 1. The minimum atomic E-state index is -3.57. The molecule has 0 atom stereocenters. The maximum Gasteiger partial charge on any atom is 0.255 e. The van der Waals surface area contributed by atoms with Gasteiger partial charge in [-0.25, -0.2) is 13.4 Å². The number of anilines is 1. The lowest BCUT2D eigenvalue weighted by Gasteiger charge is -2.21. The van der Waals surface area contributed by atoms with E-state index in [9.17, 15) is 13.2 Å². The third kappa shape index (κ3) is 4.61.